The van der Waals surface area contributed by atoms with Crippen molar-refractivity contribution in [2.75, 3.05) is 20.1 Å². The second-order valence-corrected chi connectivity index (χ2v) is 5.42. The topological polar surface area (TPSA) is 50.2 Å². The number of hydrogen-bond donors (Lipinski definition) is 1. The van der Waals surface area contributed by atoms with E-state index in [1.165, 1.54) is 0 Å². The number of piperidine rings is 1. The third-order valence-corrected chi connectivity index (χ3v) is 3.40. The smallest absolute Gasteiger partial charge is 0.241 e. The van der Waals surface area contributed by atoms with Crippen LogP contribution in [0.1, 0.15) is 12.8 Å². The van der Waals surface area contributed by atoms with Gasteiger partial charge in [0.1, 0.15) is 6.54 Å². The molecule has 94 valence electrons. The van der Waals surface area contributed by atoms with E-state index in [9.17, 15) is 4.79 Å². The highest BCUT2D eigenvalue weighted by Gasteiger charge is 2.18. The number of carbonyl (C=O) groups is 1. The van der Waals surface area contributed by atoms with E-state index in [1.54, 1.807) is 17.1 Å². The van der Waals surface area contributed by atoms with E-state index in [0.29, 0.717) is 6.04 Å². The van der Waals surface area contributed by atoms with Crippen LogP contribution < -0.4 is 5.32 Å². The molecular formula is C11H17BrN4O. The van der Waals surface area contributed by atoms with Crippen molar-refractivity contribution in [3.63, 3.8) is 0 Å². The first-order valence-corrected chi connectivity index (χ1v) is 6.58. The minimum absolute atomic E-state index is 0.0372. The lowest BCUT2D eigenvalue weighted by Gasteiger charge is -2.29. The molecule has 0 radical (unpaired) electrons. The molecule has 1 aliphatic rings. The number of rotatable bonds is 3. The molecule has 1 N–H and O–H groups in total. The molecule has 1 aromatic heterocycles. The quantitative estimate of drug-likeness (QED) is 0.901. The molecular weight excluding hydrogens is 284 g/mol. The Morgan fingerprint density at radius 1 is 1.59 bits per heavy atom. The number of halogens is 1. The summed E-state index contributed by atoms with van der Waals surface area (Å²) in [6, 6.07) is 0.317. The molecule has 0 saturated carbocycles. The number of nitrogens with one attached hydrogen (secondary N) is 1. The molecule has 2 heterocycles. The fraction of sp³-hybridized carbons (Fsp3) is 0.636. The van der Waals surface area contributed by atoms with Gasteiger partial charge in [-0.1, -0.05) is 0 Å². The standard InChI is InChI=1S/C11H17BrN4O/c1-15-4-2-10(3-5-15)14-11(17)8-16-7-9(12)6-13-16/h6-7,10H,2-5,8H2,1H3,(H,14,17). The second-order valence-electron chi connectivity index (χ2n) is 4.50. The van der Waals surface area contributed by atoms with Crippen LogP contribution in [0, 0.1) is 0 Å². The Morgan fingerprint density at radius 2 is 2.29 bits per heavy atom. The minimum atomic E-state index is 0.0372. The van der Waals surface area contributed by atoms with Crippen molar-refractivity contribution >= 4 is 21.8 Å². The Hall–Kier alpha value is -0.880. The number of carbonyl (C=O) groups excluding carboxylic acids is 1. The molecule has 0 unspecified atom stereocenters. The Bertz CT molecular complexity index is 385. The highest BCUT2D eigenvalue weighted by atomic mass is 79.9. The van der Waals surface area contributed by atoms with Crippen LogP contribution in [0.15, 0.2) is 16.9 Å². The zero-order valence-corrected chi connectivity index (χ0v) is 11.5. The first-order valence-electron chi connectivity index (χ1n) is 5.79. The summed E-state index contributed by atoms with van der Waals surface area (Å²) in [6.07, 6.45) is 5.55. The van der Waals surface area contributed by atoms with Gasteiger partial charge in [-0.05, 0) is 48.9 Å². The van der Waals surface area contributed by atoms with Gasteiger partial charge >= 0.3 is 0 Å². The molecule has 1 fully saturated rings. The van der Waals surface area contributed by atoms with Crippen LogP contribution in [0.25, 0.3) is 0 Å². The number of amides is 1. The third kappa shape index (κ3) is 3.81. The second kappa shape index (κ2) is 5.64. The lowest BCUT2D eigenvalue weighted by atomic mass is 10.1. The van der Waals surface area contributed by atoms with Crippen molar-refractivity contribution < 1.29 is 4.79 Å². The fourth-order valence-corrected chi connectivity index (χ4v) is 2.33. The summed E-state index contributed by atoms with van der Waals surface area (Å²) in [5.41, 5.74) is 0. The summed E-state index contributed by atoms with van der Waals surface area (Å²) < 4.78 is 2.53. The van der Waals surface area contributed by atoms with Gasteiger partial charge in [0.15, 0.2) is 0 Å². The van der Waals surface area contributed by atoms with Gasteiger partial charge in [-0.15, -0.1) is 0 Å². The van der Waals surface area contributed by atoms with Gasteiger partial charge in [-0.2, -0.15) is 5.10 Å². The summed E-state index contributed by atoms with van der Waals surface area (Å²) in [5.74, 6) is 0.0372. The lowest BCUT2D eigenvalue weighted by Crippen LogP contribution is -2.44. The van der Waals surface area contributed by atoms with E-state index in [4.69, 9.17) is 0 Å². The molecule has 0 aromatic carbocycles. The van der Waals surface area contributed by atoms with E-state index in [-0.39, 0.29) is 12.5 Å². The summed E-state index contributed by atoms with van der Waals surface area (Å²) in [5, 5.41) is 7.12. The van der Waals surface area contributed by atoms with E-state index < -0.39 is 0 Å². The highest BCUT2D eigenvalue weighted by molar-refractivity contribution is 9.10. The molecule has 6 heteroatoms. The van der Waals surface area contributed by atoms with Gasteiger partial charge in [0.05, 0.1) is 10.7 Å². The van der Waals surface area contributed by atoms with E-state index in [0.717, 1.165) is 30.4 Å². The van der Waals surface area contributed by atoms with Gasteiger partial charge < -0.3 is 10.2 Å². The minimum Gasteiger partial charge on any atom is -0.352 e. The maximum atomic E-state index is 11.8. The lowest BCUT2D eigenvalue weighted by molar-refractivity contribution is -0.122. The molecule has 17 heavy (non-hydrogen) atoms. The molecule has 1 amide bonds. The number of nitrogens with zero attached hydrogens (tertiary/aromatic N) is 3. The molecule has 5 nitrogen and oxygen atoms in total. The molecule has 1 aliphatic heterocycles. The first kappa shape index (κ1) is 12.6. The SMILES string of the molecule is CN1CCC(NC(=O)Cn2cc(Br)cn2)CC1. The fourth-order valence-electron chi connectivity index (χ4n) is 2.00. The zero-order valence-electron chi connectivity index (χ0n) is 9.90. The van der Waals surface area contributed by atoms with Crippen LogP contribution >= 0.6 is 15.9 Å². The van der Waals surface area contributed by atoms with Crippen LogP contribution in [0.5, 0.6) is 0 Å². The van der Waals surface area contributed by atoms with Crippen molar-refractivity contribution in [2.45, 2.75) is 25.4 Å². The Labute approximate surface area is 109 Å². The van der Waals surface area contributed by atoms with Crippen LogP contribution in [0.3, 0.4) is 0 Å². The summed E-state index contributed by atoms with van der Waals surface area (Å²) >= 11 is 3.31. The van der Waals surface area contributed by atoms with Gasteiger partial charge in [0.25, 0.3) is 0 Å². The Morgan fingerprint density at radius 3 is 2.88 bits per heavy atom. The number of hydrogen-bond acceptors (Lipinski definition) is 3. The molecule has 1 saturated heterocycles. The van der Waals surface area contributed by atoms with Gasteiger partial charge in [-0.3, -0.25) is 9.48 Å². The van der Waals surface area contributed by atoms with Gasteiger partial charge in [0, 0.05) is 12.2 Å². The predicted molar refractivity (Wildman–Crippen MR) is 68.6 cm³/mol. The van der Waals surface area contributed by atoms with Crippen molar-refractivity contribution in [3.05, 3.63) is 16.9 Å². The average molecular weight is 301 g/mol. The average Bonchev–Trinajstić information content (AvgIpc) is 2.67. The van der Waals surface area contributed by atoms with Crippen molar-refractivity contribution in [1.29, 1.82) is 0 Å². The number of likely N-dealkylation sites (tertiary alicyclic amines) is 1. The molecule has 0 aliphatic carbocycles. The molecule has 0 spiro atoms. The normalized spacial score (nSPS) is 18.2. The highest BCUT2D eigenvalue weighted by Crippen LogP contribution is 2.09. The maximum Gasteiger partial charge on any atom is 0.241 e. The summed E-state index contributed by atoms with van der Waals surface area (Å²) in [4.78, 5) is 14.1. The van der Waals surface area contributed by atoms with Crippen molar-refractivity contribution in [2.24, 2.45) is 0 Å². The van der Waals surface area contributed by atoms with E-state index >= 15 is 0 Å². The summed E-state index contributed by atoms with van der Waals surface area (Å²) in [7, 11) is 2.11. The molecule has 0 atom stereocenters. The Kier molecular flexibility index (Phi) is 4.17. The van der Waals surface area contributed by atoms with Crippen LogP contribution in [0.2, 0.25) is 0 Å². The van der Waals surface area contributed by atoms with Gasteiger partial charge in [0.2, 0.25) is 5.91 Å². The van der Waals surface area contributed by atoms with E-state index in [2.05, 4.69) is 38.3 Å². The first-order chi connectivity index (χ1) is 8.13. The largest absolute Gasteiger partial charge is 0.352 e. The van der Waals surface area contributed by atoms with Crippen LogP contribution in [0.4, 0.5) is 0 Å². The number of aromatic nitrogens is 2. The predicted octanol–water partition coefficient (Wildman–Crippen LogP) is 0.856. The van der Waals surface area contributed by atoms with Gasteiger partial charge in [-0.25, -0.2) is 0 Å². The molecule has 0 bridgehead atoms. The monoisotopic (exact) mass is 300 g/mol. The van der Waals surface area contributed by atoms with Crippen LogP contribution in [-0.4, -0.2) is 46.8 Å². The Balaban J connectivity index is 1.77. The van der Waals surface area contributed by atoms with Crippen molar-refractivity contribution in [1.82, 2.24) is 20.0 Å². The summed E-state index contributed by atoms with van der Waals surface area (Å²) in [6.45, 7) is 2.40. The third-order valence-electron chi connectivity index (χ3n) is 2.99. The molecule has 1 aromatic rings. The van der Waals surface area contributed by atoms with E-state index in [1.807, 2.05) is 0 Å². The van der Waals surface area contributed by atoms with Crippen molar-refractivity contribution in [3.8, 4) is 0 Å². The maximum absolute atomic E-state index is 11.8. The molecule has 2 rings (SSSR count). The van der Waals surface area contributed by atoms with Crippen LogP contribution in [-0.2, 0) is 11.3 Å². The zero-order chi connectivity index (χ0) is 12.3.